The molecule has 1 N–H and O–H groups in total. The molecule has 0 fully saturated rings. The lowest BCUT2D eigenvalue weighted by molar-refractivity contribution is 0.199. The van der Waals surface area contributed by atoms with Crippen LogP contribution in [-0.2, 0) is 4.74 Å². The third-order valence-corrected chi connectivity index (χ3v) is 3.83. The first-order valence-corrected chi connectivity index (χ1v) is 7.54. The van der Waals surface area contributed by atoms with Crippen molar-refractivity contribution >= 4 is 0 Å². The Bertz CT molecular complexity index is 551. The van der Waals surface area contributed by atoms with E-state index in [-0.39, 0.29) is 0 Å². The summed E-state index contributed by atoms with van der Waals surface area (Å²) in [6, 6.07) is 17.4. The summed E-state index contributed by atoms with van der Waals surface area (Å²) in [6.45, 7) is 6.90. The topological polar surface area (TPSA) is 21.3 Å². The Kier molecular flexibility index (Phi) is 5.97. The SMILES string of the molecule is COCCNCC(c1ccccc1)c1ccc(C)cc1C. The molecular weight excluding hydrogens is 258 g/mol. The predicted molar refractivity (Wildman–Crippen MR) is 88.9 cm³/mol. The number of nitrogens with one attached hydrogen (secondary N) is 1. The maximum atomic E-state index is 5.11. The van der Waals surface area contributed by atoms with Crippen molar-refractivity contribution < 1.29 is 4.74 Å². The maximum absolute atomic E-state index is 5.11. The highest BCUT2D eigenvalue weighted by Gasteiger charge is 2.15. The molecule has 2 heteroatoms. The molecule has 0 heterocycles. The summed E-state index contributed by atoms with van der Waals surface area (Å²) < 4.78 is 5.11. The second kappa shape index (κ2) is 7.96. The average molecular weight is 283 g/mol. The molecule has 0 aliphatic rings. The van der Waals surface area contributed by atoms with E-state index in [1.54, 1.807) is 7.11 Å². The Hall–Kier alpha value is -1.64. The first-order valence-electron chi connectivity index (χ1n) is 7.54. The van der Waals surface area contributed by atoms with Gasteiger partial charge in [-0.2, -0.15) is 0 Å². The average Bonchev–Trinajstić information content (AvgIpc) is 2.49. The van der Waals surface area contributed by atoms with Gasteiger partial charge in [0.15, 0.2) is 0 Å². The molecule has 0 saturated carbocycles. The quantitative estimate of drug-likeness (QED) is 0.783. The summed E-state index contributed by atoms with van der Waals surface area (Å²) in [5.74, 6) is 0.378. The summed E-state index contributed by atoms with van der Waals surface area (Å²) in [5, 5.41) is 3.50. The Balaban J connectivity index is 2.23. The second-order valence-electron chi connectivity index (χ2n) is 5.52. The van der Waals surface area contributed by atoms with Crippen LogP contribution < -0.4 is 5.32 Å². The predicted octanol–water partition coefficient (Wildman–Crippen LogP) is 3.67. The van der Waals surface area contributed by atoms with Crippen molar-refractivity contribution in [2.75, 3.05) is 26.8 Å². The number of aryl methyl sites for hydroxylation is 2. The fourth-order valence-electron chi connectivity index (χ4n) is 2.73. The summed E-state index contributed by atoms with van der Waals surface area (Å²) in [4.78, 5) is 0. The van der Waals surface area contributed by atoms with Gasteiger partial charge in [0, 0.05) is 26.1 Å². The fourth-order valence-corrected chi connectivity index (χ4v) is 2.73. The lowest BCUT2D eigenvalue weighted by Crippen LogP contribution is -2.26. The van der Waals surface area contributed by atoms with Gasteiger partial charge in [0.05, 0.1) is 6.61 Å². The van der Waals surface area contributed by atoms with Gasteiger partial charge < -0.3 is 10.1 Å². The normalized spacial score (nSPS) is 12.3. The van der Waals surface area contributed by atoms with Gasteiger partial charge in [-0.1, -0.05) is 54.1 Å². The van der Waals surface area contributed by atoms with Crippen LogP contribution in [0.25, 0.3) is 0 Å². The van der Waals surface area contributed by atoms with Crippen molar-refractivity contribution in [3.05, 3.63) is 70.8 Å². The number of rotatable bonds is 7. The maximum Gasteiger partial charge on any atom is 0.0587 e. The zero-order valence-electron chi connectivity index (χ0n) is 13.2. The van der Waals surface area contributed by atoms with Gasteiger partial charge in [-0.05, 0) is 30.5 Å². The van der Waals surface area contributed by atoms with Crippen molar-refractivity contribution in [3.8, 4) is 0 Å². The van der Waals surface area contributed by atoms with Crippen LogP contribution in [-0.4, -0.2) is 26.8 Å². The van der Waals surface area contributed by atoms with Crippen molar-refractivity contribution in [2.24, 2.45) is 0 Å². The van der Waals surface area contributed by atoms with Crippen molar-refractivity contribution in [2.45, 2.75) is 19.8 Å². The van der Waals surface area contributed by atoms with Crippen LogP contribution >= 0.6 is 0 Å². The zero-order chi connectivity index (χ0) is 15.1. The molecule has 0 bridgehead atoms. The van der Waals surface area contributed by atoms with E-state index in [9.17, 15) is 0 Å². The lowest BCUT2D eigenvalue weighted by Gasteiger charge is -2.21. The van der Waals surface area contributed by atoms with Gasteiger partial charge in [-0.15, -0.1) is 0 Å². The van der Waals surface area contributed by atoms with E-state index in [1.807, 2.05) is 0 Å². The number of hydrogen-bond acceptors (Lipinski definition) is 2. The molecule has 1 atom stereocenters. The number of benzene rings is 2. The first kappa shape index (κ1) is 15.7. The van der Waals surface area contributed by atoms with Gasteiger partial charge in [0.2, 0.25) is 0 Å². The first-order chi connectivity index (χ1) is 10.2. The van der Waals surface area contributed by atoms with Crippen LogP contribution in [0.2, 0.25) is 0 Å². The van der Waals surface area contributed by atoms with Crippen molar-refractivity contribution in [3.63, 3.8) is 0 Å². The third-order valence-electron chi connectivity index (χ3n) is 3.83. The molecule has 0 spiro atoms. The van der Waals surface area contributed by atoms with Crippen LogP contribution in [0.3, 0.4) is 0 Å². The van der Waals surface area contributed by atoms with E-state index in [0.717, 1.165) is 19.7 Å². The highest BCUT2D eigenvalue weighted by atomic mass is 16.5. The molecule has 2 aromatic rings. The van der Waals surface area contributed by atoms with E-state index in [4.69, 9.17) is 4.74 Å². The van der Waals surface area contributed by atoms with Gasteiger partial charge in [0.1, 0.15) is 0 Å². The second-order valence-corrected chi connectivity index (χ2v) is 5.52. The summed E-state index contributed by atoms with van der Waals surface area (Å²) in [5.41, 5.74) is 5.43. The van der Waals surface area contributed by atoms with Crippen LogP contribution in [0.4, 0.5) is 0 Å². The molecule has 21 heavy (non-hydrogen) atoms. The minimum Gasteiger partial charge on any atom is -0.383 e. The Labute approximate surface area is 128 Å². The van der Waals surface area contributed by atoms with Crippen LogP contribution in [0, 0.1) is 13.8 Å². The van der Waals surface area contributed by atoms with Gasteiger partial charge in [-0.3, -0.25) is 0 Å². The van der Waals surface area contributed by atoms with E-state index in [2.05, 4.69) is 67.7 Å². The van der Waals surface area contributed by atoms with E-state index >= 15 is 0 Å². The molecule has 2 rings (SSSR count). The molecule has 0 aromatic heterocycles. The molecule has 0 amide bonds. The van der Waals surface area contributed by atoms with Gasteiger partial charge in [0.25, 0.3) is 0 Å². The Morgan fingerprint density at radius 3 is 2.48 bits per heavy atom. The smallest absolute Gasteiger partial charge is 0.0587 e. The molecule has 0 radical (unpaired) electrons. The van der Waals surface area contributed by atoms with Crippen LogP contribution in [0.15, 0.2) is 48.5 Å². The third kappa shape index (κ3) is 4.42. The molecule has 0 aliphatic heterocycles. The number of hydrogen-bond donors (Lipinski definition) is 1. The molecule has 0 saturated heterocycles. The summed E-state index contributed by atoms with van der Waals surface area (Å²) in [7, 11) is 1.74. The number of methoxy groups -OCH3 is 1. The lowest BCUT2D eigenvalue weighted by atomic mass is 9.87. The summed E-state index contributed by atoms with van der Waals surface area (Å²) >= 11 is 0. The number of ether oxygens (including phenoxy) is 1. The zero-order valence-corrected chi connectivity index (χ0v) is 13.2. The Morgan fingerprint density at radius 1 is 1.05 bits per heavy atom. The van der Waals surface area contributed by atoms with Gasteiger partial charge in [-0.25, -0.2) is 0 Å². The van der Waals surface area contributed by atoms with Crippen LogP contribution in [0.1, 0.15) is 28.2 Å². The van der Waals surface area contributed by atoms with Crippen molar-refractivity contribution in [1.82, 2.24) is 5.32 Å². The standard InChI is InChI=1S/C19H25NO/c1-15-9-10-18(16(2)13-15)19(14-20-11-12-21-3)17-7-5-4-6-8-17/h4-10,13,19-20H,11-12,14H2,1-3H3. The molecule has 2 nitrogen and oxygen atoms in total. The molecule has 112 valence electrons. The minimum absolute atomic E-state index is 0.378. The van der Waals surface area contributed by atoms with E-state index in [0.29, 0.717) is 5.92 Å². The van der Waals surface area contributed by atoms with Crippen LogP contribution in [0.5, 0.6) is 0 Å². The molecule has 1 unspecified atom stereocenters. The van der Waals surface area contributed by atoms with Crippen molar-refractivity contribution in [1.29, 1.82) is 0 Å². The fraction of sp³-hybridized carbons (Fsp3) is 0.368. The van der Waals surface area contributed by atoms with E-state index < -0.39 is 0 Å². The molecular formula is C19H25NO. The van der Waals surface area contributed by atoms with E-state index in [1.165, 1.54) is 22.3 Å². The highest BCUT2D eigenvalue weighted by Crippen LogP contribution is 2.27. The molecule has 2 aromatic carbocycles. The monoisotopic (exact) mass is 283 g/mol. The van der Waals surface area contributed by atoms with Gasteiger partial charge >= 0.3 is 0 Å². The highest BCUT2D eigenvalue weighted by molar-refractivity contribution is 5.39. The minimum atomic E-state index is 0.378. The molecule has 0 aliphatic carbocycles. The Morgan fingerprint density at radius 2 is 1.81 bits per heavy atom. The largest absolute Gasteiger partial charge is 0.383 e. The summed E-state index contributed by atoms with van der Waals surface area (Å²) in [6.07, 6.45) is 0.